The van der Waals surface area contributed by atoms with Gasteiger partial charge in [0.05, 0.1) is 0 Å². The SMILES string of the molecule is CCCC(C)(CCC(C)C)N=[N+]=[N-]. The summed E-state index contributed by atoms with van der Waals surface area (Å²) in [6, 6.07) is 0. The molecular weight excluding hydrogens is 162 g/mol. The minimum Gasteiger partial charge on any atom is -0.0876 e. The molecule has 0 saturated heterocycles. The van der Waals surface area contributed by atoms with E-state index in [0.29, 0.717) is 5.92 Å². The predicted octanol–water partition coefficient (Wildman–Crippen LogP) is 4.29. The van der Waals surface area contributed by atoms with Gasteiger partial charge in [0.15, 0.2) is 0 Å². The molecule has 0 bridgehead atoms. The maximum absolute atomic E-state index is 8.45. The predicted molar refractivity (Wildman–Crippen MR) is 56.5 cm³/mol. The molecule has 0 aliphatic heterocycles. The third-order valence-corrected chi connectivity index (χ3v) is 2.33. The van der Waals surface area contributed by atoms with E-state index in [9.17, 15) is 0 Å². The van der Waals surface area contributed by atoms with Crippen LogP contribution in [0, 0.1) is 5.92 Å². The zero-order valence-electron chi connectivity index (χ0n) is 9.25. The summed E-state index contributed by atoms with van der Waals surface area (Å²) in [7, 11) is 0. The summed E-state index contributed by atoms with van der Waals surface area (Å²) in [6.45, 7) is 8.57. The number of nitrogens with zero attached hydrogens (tertiary/aromatic N) is 3. The number of hydrogen-bond donors (Lipinski definition) is 0. The van der Waals surface area contributed by atoms with Crippen molar-refractivity contribution < 1.29 is 0 Å². The largest absolute Gasteiger partial charge is 0.0876 e. The van der Waals surface area contributed by atoms with Crippen molar-refractivity contribution in [3.05, 3.63) is 10.4 Å². The molecule has 0 rings (SSSR count). The van der Waals surface area contributed by atoms with Crippen molar-refractivity contribution in [2.45, 2.75) is 58.9 Å². The molecule has 0 spiro atoms. The molecule has 3 heteroatoms. The number of azide groups is 1. The highest BCUT2D eigenvalue weighted by atomic mass is 15.2. The van der Waals surface area contributed by atoms with Crippen LogP contribution in [0.5, 0.6) is 0 Å². The van der Waals surface area contributed by atoms with Crippen molar-refractivity contribution in [1.29, 1.82) is 0 Å². The van der Waals surface area contributed by atoms with Gasteiger partial charge in [0.25, 0.3) is 0 Å². The molecule has 0 aromatic heterocycles. The highest BCUT2D eigenvalue weighted by molar-refractivity contribution is 4.83. The Morgan fingerprint density at radius 1 is 1.38 bits per heavy atom. The van der Waals surface area contributed by atoms with Crippen LogP contribution in [0.4, 0.5) is 0 Å². The molecule has 76 valence electrons. The van der Waals surface area contributed by atoms with Gasteiger partial charge < -0.3 is 0 Å². The molecule has 13 heavy (non-hydrogen) atoms. The fourth-order valence-corrected chi connectivity index (χ4v) is 1.47. The Balaban J connectivity index is 4.14. The monoisotopic (exact) mass is 183 g/mol. The maximum Gasteiger partial charge on any atom is 0.0460 e. The summed E-state index contributed by atoms with van der Waals surface area (Å²) in [4.78, 5) is 2.93. The minimum absolute atomic E-state index is 0.159. The zero-order valence-corrected chi connectivity index (χ0v) is 9.25. The second kappa shape index (κ2) is 5.87. The summed E-state index contributed by atoms with van der Waals surface area (Å²) in [5.41, 5.74) is 8.29. The molecule has 0 aromatic carbocycles. The first-order valence-electron chi connectivity index (χ1n) is 5.10. The van der Waals surface area contributed by atoms with E-state index in [1.54, 1.807) is 0 Å². The van der Waals surface area contributed by atoms with Crippen LogP contribution in [0.15, 0.2) is 5.11 Å². The summed E-state index contributed by atoms with van der Waals surface area (Å²) in [6.07, 6.45) is 4.20. The Labute approximate surface area is 81.2 Å². The highest BCUT2D eigenvalue weighted by Gasteiger charge is 2.21. The van der Waals surface area contributed by atoms with E-state index >= 15 is 0 Å². The molecule has 0 aliphatic rings. The molecule has 1 unspecified atom stereocenters. The Morgan fingerprint density at radius 2 is 2.00 bits per heavy atom. The van der Waals surface area contributed by atoms with E-state index in [4.69, 9.17) is 5.53 Å². The molecule has 0 N–H and O–H groups in total. The molecule has 0 aromatic rings. The van der Waals surface area contributed by atoms with Crippen molar-refractivity contribution in [2.75, 3.05) is 0 Å². The normalized spacial score (nSPS) is 15.2. The zero-order chi connectivity index (χ0) is 10.3. The second-order valence-corrected chi connectivity index (χ2v) is 4.37. The maximum atomic E-state index is 8.45. The van der Waals surface area contributed by atoms with E-state index in [1.165, 1.54) is 0 Å². The fourth-order valence-electron chi connectivity index (χ4n) is 1.47. The van der Waals surface area contributed by atoms with Crippen molar-refractivity contribution in [2.24, 2.45) is 11.0 Å². The molecule has 0 radical (unpaired) electrons. The first-order chi connectivity index (χ1) is 6.04. The van der Waals surface area contributed by atoms with Gasteiger partial charge in [-0.2, -0.15) is 0 Å². The molecule has 1 atom stereocenters. The lowest BCUT2D eigenvalue weighted by Gasteiger charge is -2.23. The topological polar surface area (TPSA) is 48.8 Å². The van der Waals surface area contributed by atoms with Crippen LogP contribution in [0.2, 0.25) is 0 Å². The third-order valence-electron chi connectivity index (χ3n) is 2.33. The lowest BCUT2D eigenvalue weighted by Crippen LogP contribution is -2.21. The molecule has 0 saturated carbocycles. The molecule has 0 heterocycles. The molecule has 0 amide bonds. The standard InChI is InChI=1S/C10H21N3/c1-5-7-10(4,12-13-11)8-6-9(2)3/h9H,5-8H2,1-4H3. The highest BCUT2D eigenvalue weighted by Crippen LogP contribution is 2.25. The van der Waals surface area contributed by atoms with Crippen LogP contribution < -0.4 is 0 Å². The van der Waals surface area contributed by atoms with Crippen molar-refractivity contribution in [1.82, 2.24) is 0 Å². The average molecular weight is 183 g/mol. The Hall–Kier alpha value is -0.690. The summed E-state index contributed by atoms with van der Waals surface area (Å²) < 4.78 is 0. The van der Waals surface area contributed by atoms with Crippen LogP contribution in [-0.2, 0) is 0 Å². The first kappa shape index (κ1) is 12.3. The average Bonchev–Trinajstić information content (AvgIpc) is 2.02. The smallest absolute Gasteiger partial charge is 0.0460 e. The Kier molecular flexibility index (Phi) is 5.56. The van der Waals surface area contributed by atoms with E-state index < -0.39 is 0 Å². The van der Waals surface area contributed by atoms with Gasteiger partial charge in [-0.25, -0.2) is 0 Å². The Bertz CT molecular complexity index is 183. The van der Waals surface area contributed by atoms with Crippen molar-refractivity contribution in [3.8, 4) is 0 Å². The lowest BCUT2D eigenvalue weighted by atomic mass is 9.89. The van der Waals surface area contributed by atoms with Gasteiger partial charge >= 0.3 is 0 Å². The van der Waals surface area contributed by atoms with Crippen LogP contribution in [-0.4, -0.2) is 5.54 Å². The fraction of sp³-hybridized carbons (Fsp3) is 1.00. The van der Waals surface area contributed by atoms with Crippen LogP contribution >= 0.6 is 0 Å². The summed E-state index contributed by atoms with van der Waals surface area (Å²) in [5, 5.41) is 3.90. The number of rotatable bonds is 6. The lowest BCUT2D eigenvalue weighted by molar-refractivity contribution is 0.358. The summed E-state index contributed by atoms with van der Waals surface area (Å²) >= 11 is 0. The number of hydrogen-bond acceptors (Lipinski definition) is 1. The molecule has 3 nitrogen and oxygen atoms in total. The van der Waals surface area contributed by atoms with Crippen molar-refractivity contribution in [3.63, 3.8) is 0 Å². The van der Waals surface area contributed by atoms with Gasteiger partial charge in [-0.1, -0.05) is 45.7 Å². The minimum atomic E-state index is -0.159. The molecule has 0 aliphatic carbocycles. The van der Waals surface area contributed by atoms with E-state index in [2.05, 4.69) is 37.7 Å². The first-order valence-corrected chi connectivity index (χ1v) is 5.10. The van der Waals surface area contributed by atoms with Gasteiger partial charge in [-0.05, 0) is 24.3 Å². The van der Waals surface area contributed by atoms with E-state index in [1.807, 2.05) is 0 Å². The van der Waals surface area contributed by atoms with Gasteiger partial charge in [0.1, 0.15) is 0 Å². The third kappa shape index (κ3) is 5.53. The molecular formula is C10H21N3. The van der Waals surface area contributed by atoms with Crippen LogP contribution in [0.25, 0.3) is 10.4 Å². The van der Waals surface area contributed by atoms with E-state index in [-0.39, 0.29) is 5.54 Å². The van der Waals surface area contributed by atoms with Gasteiger partial charge in [-0.3, -0.25) is 0 Å². The molecule has 0 fully saturated rings. The van der Waals surface area contributed by atoms with Crippen molar-refractivity contribution >= 4 is 0 Å². The second-order valence-electron chi connectivity index (χ2n) is 4.37. The van der Waals surface area contributed by atoms with Gasteiger partial charge in [-0.15, -0.1) is 0 Å². The Morgan fingerprint density at radius 3 is 2.38 bits per heavy atom. The van der Waals surface area contributed by atoms with Gasteiger partial charge in [0, 0.05) is 10.5 Å². The summed E-state index contributed by atoms with van der Waals surface area (Å²) in [5.74, 6) is 0.685. The van der Waals surface area contributed by atoms with Gasteiger partial charge in [0.2, 0.25) is 0 Å². The quantitative estimate of drug-likeness (QED) is 0.335. The van der Waals surface area contributed by atoms with E-state index in [0.717, 1.165) is 25.7 Å². The van der Waals surface area contributed by atoms with Crippen LogP contribution in [0.1, 0.15) is 53.4 Å². The van der Waals surface area contributed by atoms with Crippen LogP contribution in [0.3, 0.4) is 0 Å².